The highest BCUT2D eigenvalue weighted by atomic mass is 35.5. The van der Waals surface area contributed by atoms with Crippen LogP contribution in [0, 0.1) is 0 Å². The third-order valence-corrected chi connectivity index (χ3v) is 7.91. The molecule has 4 rings (SSSR count). The summed E-state index contributed by atoms with van der Waals surface area (Å²) in [6, 6.07) is 11.4. The number of methoxy groups -OCH3 is 1. The molecular weight excluding hydrogens is 478 g/mol. The molecule has 3 aromatic rings. The molecule has 33 heavy (non-hydrogen) atoms. The topological polar surface area (TPSA) is 54.9 Å². The van der Waals surface area contributed by atoms with E-state index >= 15 is 0 Å². The Kier molecular flexibility index (Phi) is 8.14. The van der Waals surface area contributed by atoms with Crippen LogP contribution in [0.15, 0.2) is 41.3 Å². The number of thiazole rings is 1. The van der Waals surface area contributed by atoms with Crippen molar-refractivity contribution in [3.05, 3.63) is 47.0 Å². The number of fused-ring (bicyclic) bond motifs is 1. The predicted molar refractivity (Wildman–Crippen MR) is 138 cm³/mol. The van der Waals surface area contributed by atoms with Gasteiger partial charge < -0.3 is 9.47 Å². The zero-order valence-electron chi connectivity index (χ0n) is 19.0. The van der Waals surface area contributed by atoms with Crippen LogP contribution in [-0.4, -0.2) is 67.5 Å². The van der Waals surface area contributed by atoms with Crippen LogP contribution in [-0.2, 0) is 4.74 Å². The van der Waals surface area contributed by atoms with Crippen molar-refractivity contribution in [2.24, 2.45) is 0 Å². The number of nitrogens with zero attached hydrogens (tertiary/aromatic N) is 3. The number of hydrogen-bond donors (Lipinski definition) is 0. The van der Waals surface area contributed by atoms with E-state index in [2.05, 4.69) is 18.7 Å². The second-order valence-electron chi connectivity index (χ2n) is 8.03. The summed E-state index contributed by atoms with van der Waals surface area (Å²) in [7, 11) is 1.61. The summed E-state index contributed by atoms with van der Waals surface area (Å²) in [6.45, 7) is 8.75. The number of benzene rings is 2. The SMILES string of the molecule is COc1ccc(Cl)c2sc(N(CCN3CCOCC3)C(=O)c3ccc(SC(C)C)cc3)nc12. The monoisotopic (exact) mass is 505 g/mol. The van der Waals surface area contributed by atoms with Gasteiger partial charge in [-0.3, -0.25) is 14.6 Å². The second-order valence-corrected chi connectivity index (χ2v) is 11.1. The number of carbonyl (C=O) groups is 1. The lowest BCUT2D eigenvalue weighted by atomic mass is 10.2. The summed E-state index contributed by atoms with van der Waals surface area (Å²) in [6.07, 6.45) is 0. The molecule has 2 heterocycles. The van der Waals surface area contributed by atoms with Crippen LogP contribution < -0.4 is 9.64 Å². The number of amides is 1. The zero-order chi connectivity index (χ0) is 23.4. The van der Waals surface area contributed by atoms with Crippen LogP contribution >= 0.6 is 34.7 Å². The first-order valence-corrected chi connectivity index (χ1v) is 13.1. The van der Waals surface area contributed by atoms with E-state index in [9.17, 15) is 4.79 Å². The molecule has 2 aromatic carbocycles. The Bertz CT molecular complexity index is 1100. The fraction of sp³-hybridized carbons (Fsp3) is 0.417. The summed E-state index contributed by atoms with van der Waals surface area (Å²) in [5.41, 5.74) is 1.32. The van der Waals surface area contributed by atoms with Gasteiger partial charge in [-0.15, -0.1) is 11.8 Å². The summed E-state index contributed by atoms with van der Waals surface area (Å²) in [5, 5.41) is 1.71. The molecule has 0 unspecified atom stereocenters. The van der Waals surface area contributed by atoms with E-state index in [1.165, 1.54) is 11.3 Å². The number of anilines is 1. The van der Waals surface area contributed by atoms with Crippen molar-refractivity contribution in [2.75, 3.05) is 51.4 Å². The van der Waals surface area contributed by atoms with Crippen molar-refractivity contribution < 1.29 is 14.3 Å². The molecule has 0 aliphatic carbocycles. The molecule has 0 spiro atoms. The third-order valence-electron chi connectivity index (χ3n) is 5.36. The van der Waals surface area contributed by atoms with Crippen molar-refractivity contribution in [2.45, 2.75) is 24.0 Å². The highest BCUT2D eigenvalue weighted by molar-refractivity contribution is 7.99. The number of rotatable bonds is 8. The molecule has 0 bridgehead atoms. The summed E-state index contributed by atoms with van der Waals surface area (Å²) >= 11 is 9.64. The number of halogens is 1. The molecule has 0 atom stereocenters. The van der Waals surface area contributed by atoms with Gasteiger partial charge in [0.15, 0.2) is 5.13 Å². The minimum Gasteiger partial charge on any atom is -0.494 e. The first-order chi connectivity index (χ1) is 16.0. The van der Waals surface area contributed by atoms with Gasteiger partial charge in [-0.2, -0.15) is 0 Å². The lowest BCUT2D eigenvalue weighted by molar-refractivity contribution is 0.0391. The van der Waals surface area contributed by atoms with Gasteiger partial charge >= 0.3 is 0 Å². The van der Waals surface area contributed by atoms with Crippen LogP contribution in [0.3, 0.4) is 0 Å². The molecule has 1 aromatic heterocycles. The number of carbonyl (C=O) groups excluding carboxylic acids is 1. The maximum Gasteiger partial charge on any atom is 0.260 e. The van der Waals surface area contributed by atoms with E-state index in [1.807, 2.05) is 24.3 Å². The van der Waals surface area contributed by atoms with Gasteiger partial charge in [0, 0.05) is 41.9 Å². The summed E-state index contributed by atoms with van der Waals surface area (Å²) in [5.74, 6) is 0.575. The molecule has 1 aliphatic heterocycles. The Morgan fingerprint density at radius 1 is 1.24 bits per heavy atom. The highest BCUT2D eigenvalue weighted by Crippen LogP contribution is 2.39. The van der Waals surface area contributed by atoms with Crippen molar-refractivity contribution in [1.82, 2.24) is 9.88 Å². The average Bonchev–Trinajstić information content (AvgIpc) is 3.26. The average molecular weight is 506 g/mol. The first kappa shape index (κ1) is 24.3. The van der Waals surface area contributed by atoms with Crippen molar-refractivity contribution in [3.8, 4) is 5.75 Å². The van der Waals surface area contributed by atoms with E-state index in [0.717, 1.165) is 42.4 Å². The van der Waals surface area contributed by atoms with E-state index < -0.39 is 0 Å². The summed E-state index contributed by atoms with van der Waals surface area (Å²) < 4.78 is 11.8. The smallest absolute Gasteiger partial charge is 0.260 e. The normalized spacial score (nSPS) is 14.7. The predicted octanol–water partition coefficient (Wildman–Crippen LogP) is 5.44. The second kappa shape index (κ2) is 11.1. The van der Waals surface area contributed by atoms with Crippen LogP contribution in [0.5, 0.6) is 5.75 Å². The van der Waals surface area contributed by atoms with Crippen LogP contribution in [0.1, 0.15) is 24.2 Å². The van der Waals surface area contributed by atoms with E-state index in [-0.39, 0.29) is 5.91 Å². The van der Waals surface area contributed by atoms with Crippen LogP contribution in [0.25, 0.3) is 10.2 Å². The van der Waals surface area contributed by atoms with Crippen molar-refractivity contribution >= 4 is 56.0 Å². The van der Waals surface area contributed by atoms with Gasteiger partial charge in [0.1, 0.15) is 11.3 Å². The molecule has 0 saturated carbocycles. The Morgan fingerprint density at radius 2 is 1.97 bits per heavy atom. The van der Waals surface area contributed by atoms with Gasteiger partial charge in [0.05, 0.1) is 30.0 Å². The zero-order valence-corrected chi connectivity index (χ0v) is 21.4. The Morgan fingerprint density at radius 3 is 2.64 bits per heavy atom. The third kappa shape index (κ3) is 5.81. The molecule has 176 valence electrons. The molecule has 1 saturated heterocycles. The Labute approximate surface area is 207 Å². The van der Waals surface area contributed by atoms with Crippen LogP contribution in [0.2, 0.25) is 5.02 Å². The highest BCUT2D eigenvalue weighted by Gasteiger charge is 2.24. The van der Waals surface area contributed by atoms with E-state index in [1.54, 1.807) is 35.9 Å². The first-order valence-electron chi connectivity index (χ1n) is 11.0. The Hall–Kier alpha value is -1.84. The minimum absolute atomic E-state index is 0.0708. The number of ether oxygens (including phenoxy) is 2. The molecule has 1 aliphatic rings. The van der Waals surface area contributed by atoms with Gasteiger partial charge in [0.2, 0.25) is 0 Å². The number of aromatic nitrogens is 1. The maximum atomic E-state index is 13.6. The van der Waals surface area contributed by atoms with E-state index in [4.69, 9.17) is 26.1 Å². The quantitative estimate of drug-likeness (QED) is 0.380. The van der Waals surface area contributed by atoms with Gasteiger partial charge in [-0.25, -0.2) is 4.98 Å². The fourth-order valence-electron chi connectivity index (χ4n) is 3.68. The van der Waals surface area contributed by atoms with Gasteiger partial charge in [0.25, 0.3) is 5.91 Å². The molecule has 1 amide bonds. The molecule has 9 heteroatoms. The summed E-state index contributed by atoms with van der Waals surface area (Å²) in [4.78, 5) is 23.7. The maximum absolute atomic E-state index is 13.6. The van der Waals surface area contributed by atoms with Crippen molar-refractivity contribution in [1.29, 1.82) is 0 Å². The molecule has 0 radical (unpaired) electrons. The largest absolute Gasteiger partial charge is 0.494 e. The lowest BCUT2D eigenvalue weighted by Gasteiger charge is -2.29. The van der Waals surface area contributed by atoms with Crippen molar-refractivity contribution in [3.63, 3.8) is 0 Å². The Balaban J connectivity index is 1.65. The molecule has 6 nitrogen and oxygen atoms in total. The number of thioether (sulfide) groups is 1. The molecule has 1 fully saturated rings. The van der Waals surface area contributed by atoms with Gasteiger partial charge in [-0.05, 0) is 36.4 Å². The minimum atomic E-state index is -0.0708. The fourth-order valence-corrected chi connectivity index (χ4v) is 5.79. The molecule has 0 N–H and O–H groups in total. The number of hydrogen-bond acceptors (Lipinski definition) is 7. The molecular formula is C24H28ClN3O3S2. The van der Waals surface area contributed by atoms with Crippen LogP contribution in [0.4, 0.5) is 5.13 Å². The van der Waals surface area contributed by atoms with Gasteiger partial charge in [-0.1, -0.05) is 36.8 Å². The number of morpholine rings is 1. The lowest BCUT2D eigenvalue weighted by Crippen LogP contribution is -2.43. The standard InChI is InChI=1S/C24H28ClN3O3S2/c1-16(2)32-18-6-4-17(5-7-18)23(29)28(11-10-27-12-14-31-15-13-27)24-26-21-20(30-3)9-8-19(25)22(21)33-24/h4-9,16H,10-15H2,1-3H3. The van der Waals surface area contributed by atoms with E-state index in [0.29, 0.717) is 38.8 Å².